The molecule has 1 fully saturated rings. The van der Waals surface area contributed by atoms with Crippen molar-refractivity contribution in [3.05, 3.63) is 28.2 Å². The molecule has 0 spiro atoms. The summed E-state index contributed by atoms with van der Waals surface area (Å²) in [5.74, 6) is 0.406. The van der Waals surface area contributed by atoms with Gasteiger partial charge in [-0.05, 0) is 39.1 Å². The van der Waals surface area contributed by atoms with Crippen molar-refractivity contribution in [2.45, 2.75) is 44.4 Å². The molecule has 1 aliphatic rings. The zero-order valence-corrected chi connectivity index (χ0v) is 14.7. The van der Waals surface area contributed by atoms with Gasteiger partial charge in [0.2, 0.25) is 5.91 Å². The number of amides is 1. The van der Waals surface area contributed by atoms with Crippen LogP contribution < -0.4 is 10.1 Å². The number of carbonyl (C=O) groups excluding carboxylic acids is 1. The largest absolute Gasteiger partial charge is 0.467 e. The van der Waals surface area contributed by atoms with Crippen molar-refractivity contribution < 1.29 is 9.53 Å². The molecule has 1 saturated carbocycles. The molecule has 0 heterocycles. The maximum atomic E-state index is 11.6. The zero-order chi connectivity index (χ0) is 16.3. The third kappa shape index (κ3) is 3.50. The molecule has 22 heavy (non-hydrogen) atoms. The quantitative estimate of drug-likeness (QED) is 0.846. The van der Waals surface area contributed by atoms with E-state index in [1.807, 2.05) is 19.0 Å². The second kappa shape index (κ2) is 7.07. The summed E-state index contributed by atoms with van der Waals surface area (Å²) in [5.41, 5.74) is -0.654. The highest BCUT2D eigenvalue weighted by Gasteiger charge is 2.46. The van der Waals surface area contributed by atoms with Crippen molar-refractivity contribution in [2.24, 2.45) is 0 Å². The number of likely N-dealkylation sites (N-methyl/N-ethyl adjacent to an activating group) is 1. The molecule has 0 radical (unpaired) electrons. The number of nitrogens with one attached hydrogen (secondary N) is 1. The van der Waals surface area contributed by atoms with Crippen molar-refractivity contribution >= 4 is 29.1 Å². The van der Waals surface area contributed by atoms with E-state index >= 15 is 0 Å². The Hall–Kier alpha value is -0.970. The SMILES string of the molecule is CC(=O)NC1CCCCC1(Oc1c(Cl)cccc1Cl)N(C)C. The lowest BCUT2D eigenvalue weighted by molar-refractivity contribution is -0.132. The minimum Gasteiger partial charge on any atom is -0.467 e. The molecule has 0 aliphatic heterocycles. The Morgan fingerprint density at radius 1 is 1.32 bits per heavy atom. The fraction of sp³-hybridized carbons (Fsp3) is 0.562. The number of hydrogen-bond acceptors (Lipinski definition) is 3. The molecule has 4 nitrogen and oxygen atoms in total. The molecule has 2 unspecified atom stereocenters. The van der Waals surface area contributed by atoms with Gasteiger partial charge < -0.3 is 10.1 Å². The summed E-state index contributed by atoms with van der Waals surface area (Å²) in [6.45, 7) is 1.53. The van der Waals surface area contributed by atoms with Crippen LogP contribution in [0.15, 0.2) is 18.2 Å². The Morgan fingerprint density at radius 3 is 2.50 bits per heavy atom. The van der Waals surface area contributed by atoms with Crippen LogP contribution >= 0.6 is 23.2 Å². The van der Waals surface area contributed by atoms with Gasteiger partial charge in [0.05, 0.1) is 16.1 Å². The number of ether oxygens (including phenoxy) is 1. The highest BCUT2D eigenvalue weighted by atomic mass is 35.5. The Bertz CT molecular complexity index is 531. The van der Waals surface area contributed by atoms with Gasteiger partial charge in [-0.2, -0.15) is 0 Å². The van der Waals surface area contributed by atoms with E-state index in [0.717, 1.165) is 25.7 Å². The summed E-state index contributed by atoms with van der Waals surface area (Å²) in [5, 5.41) is 3.97. The average Bonchev–Trinajstić information content (AvgIpc) is 2.44. The first kappa shape index (κ1) is 17.4. The summed E-state index contributed by atoms with van der Waals surface area (Å²) in [7, 11) is 3.90. The van der Waals surface area contributed by atoms with Gasteiger partial charge in [-0.25, -0.2) is 0 Å². The summed E-state index contributed by atoms with van der Waals surface area (Å²) in [6, 6.07) is 5.18. The topological polar surface area (TPSA) is 41.6 Å². The second-order valence-corrected chi connectivity index (χ2v) is 6.71. The van der Waals surface area contributed by atoms with Crippen molar-refractivity contribution in [1.29, 1.82) is 0 Å². The van der Waals surface area contributed by atoms with Crippen LogP contribution in [0, 0.1) is 0 Å². The van der Waals surface area contributed by atoms with Crippen molar-refractivity contribution in [2.75, 3.05) is 14.1 Å². The smallest absolute Gasteiger partial charge is 0.217 e. The molecule has 1 N–H and O–H groups in total. The lowest BCUT2D eigenvalue weighted by Crippen LogP contribution is -2.64. The van der Waals surface area contributed by atoms with E-state index in [2.05, 4.69) is 5.32 Å². The first-order valence-corrected chi connectivity index (χ1v) is 8.20. The van der Waals surface area contributed by atoms with Crippen LogP contribution in [-0.2, 0) is 4.79 Å². The third-order valence-electron chi connectivity index (χ3n) is 4.15. The Kier molecular flexibility index (Phi) is 5.59. The summed E-state index contributed by atoms with van der Waals surface area (Å²) < 4.78 is 6.33. The molecule has 2 atom stereocenters. The molecule has 1 amide bonds. The monoisotopic (exact) mass is 344 g/mol. The van der Waals surface area contributed by atoms with Gasteiger partial charge in [-0.15, -0.1) is 0 Å². The number of rotatable bonds is 4. The van der Waals surface area contributed by atoms with E-state index in [4.69, 9.17) is 27.9 Å². The fourth-order valence-corrected chi connectivity index (χ4v) is 3.54. The van der Waals surface area contributed by atoms with Gasteiger partial charge in [-0.1, -0.05) is 35.7 Å². The molecule has 6 heteroatoms. The molecule has 1 aromatic rings. The number of benzene rings is 1. The van der Waals surface area contributed by atoms with Crippen molar-refractivity contribution in [3.8, 4) is 5.75 Å². The second-order valence-electron chi connectivity index (χ2n) is 5.89. The molecular weight excluding hydrogens is 323 g/mol. The third-order valence-corrected chi connectivity index (χ3v) is 4.75. The number of para-hydroxylation sites is 1. The van der Waals surface area contributed by atoms with E-state index in [0.29, 0.717) is 15.8 Å². The predicted molar refractivity (Wildman–Crippen MR) is 89.6 cm³/mol. The van der Waals surface area contributed by atoms with E-state index in [9.17, 15) is 4.79 Å². The molecule has 0 saturated heterocycles. The fourth-order valence-electron chi connectivity index (χ4n) is 3.06. The van der Waals surface area contributed by atoms with Crippen LogP contribution in [-0.4, -0.2) is 36.7 Å². The molecular formula is C16H22Cl2N2O2. The van der Waals surface area contributed by atoms with Crippen molar-refractivity contribution in [3.63, 3.8) is 0 Å². The van der Waals surface area contributed by atoms with Gasteiger partial charge in [0.25, 0.3) is 0 Å². The Labute approximate surface area is 141 Å². The maximum absolute atomic E-state index is 11.6. The number of halogens is 2. The van der Waals surface area contributed by atoms with Crippen LogP contribution in [0.2, 0.25) is 10.0 Å². The van der Waals surface area contributed by atoms with Crippen LogP contribution in [0.25, 0.3) is 0 Å². The molecule has 122 valence electrons. The summed E-state index contributed by atoms with van der Waals surface area (Å²) >= 11 is 12.5. The summed E-state index contributed by atoms with van der Waals surface area (Å²) in [4.78, 5) is 13.6. The van der Waals surface area contributed by atoms with E-state index < -0.39 is 5.72 Å². The Morgan fingerprint density at radius 2 is 1.95 bits per heavy atom. The minimum atomic E-state index is -0.654. The normalized spacial score (nSPS) is 25.1. The minimum absolute atomic E-state index is 0.0630. The summed E-state index contributed by atoms with van der Waals surface area (Å²) in [6.07, 6.45) is 3.74. The maximum Gasteiger partial charge on any atom is 0.217 e. The molecule has 1 aliphatic carbocycles. The lowest BCUT2D eigenvalue weighted by atomic mass is 9.85. The first-order valence-electron chi connectivity index (χ1n) is 7.44. The van der Waals surface area contributed by atoms with Gasteiger partial charge in [0.1, 0.15) is 0 Å². The number of nitrogens with zero attached hydrogens (tertiary/aromatic N) is 1. The van der Waals surface area contributed by atoms with Gasteiger partial charge in [0, 0.05) is 13.3 Å². The van der Waals surface area contributed by atoms with Crippen LogP contribution in [0.3, 0.4) is 0 Å². The predicted octanol–water partition coefficient (Wildman–Crippen LogP) is 3.71. The van der Waals surface area contributed by atoms with E-state index in [1.165, 1.54) is 6.92 Å². The highest BCUT2D eigenvalue weighted by molar-refractivity contribution is 6.37. The first-order chi connectivity index (χ1) is 10.4. The molecule has 0 aromatic heterocycles. The van der Waals surface area contributed by atoms with Crippen LogP contribution in [0.4, 0.5) is 0 Å². The average molecular weight is 345 g/mol. The van der Waals surface area contributed by atoms with E-state index in [-0.39, 0.29) is 11.9 Å². The van der Waals surface area contributed by atoms with E-state index in [1.54, 1.807) is 18.2 Å². The molecule has 2 rings (SSSR count). The zero-order valence-electron chi connectivity index (χ0n) is 13.2. The van der Waals surface area contributed by atoms with Gasteiger partial charge in [-0.3, -0.25) is 9.69 Å². The molecule has 0 bridgehead atoms. The number of hydrogen-bond donors (Lipinski definition) is 1. The van der Waals surface area contributed by atoms with Crippen LogP contribution in [0.5, 0.6) is 5.75 Å². The lowest BCUT2D eigenvalue weighted by Gasteiger charge is -2.48. The van der Waals surface area contributed by atoms with Crippen molar-refractivity contribution in [1.82, 2.24) is 10.2 Å². The Balaban J connectivity index is 2.40. The highest BCUT2D eigenvalue weighted by Crippen LogP contribution is 2.40. The van der Waals surface area contributed by atoms with Gasteiger partial charge >= 0.3 is 0 Å². The van der Waals surface area contributed by atoms with Gasteiger partial charge in [0.15, 0.2) is 11.5 Å². The number of carbonyl (C=O) groups is 1. The standard InChI is InChI=1S/C16H22Cl2N2O2/c1-11(21)19-14-9-4-5-10-16(14,20(2)3)22-15-12(17)7-6-8-13(15)18/h6-8,14H,4-5,9-10H2,1-3H3,(H,19,21). The molecule has 1 aromatic carbocycles. The van der Waals surface area contributed by atoms with Crippen LogP contribution in [0.1, 0.15) is 32.6 Å².